The highest BCUT2D eigenvalue weighted by molar-refractivity contribution is 8.00. The van der Waals surface area contributed by atoms with Crippen LogP contribution in [0.3, 0.4) is 0 Å². The Morgan fingerprint density at radius 2 is 1.82 bits per heavy atom. The van der Waals surface area contributed by atoms with E-state index in [1.807, 2.05) is 66.9 Å². The number of anilines is 1. The Kier molecular flexibility index (Phi) is 6.84. The number of amides is 2. The van der Waals surface area contributed by atoms with E-state index < -0.39 is 0 Å². The number of nitrogens with zero attached hydrogens (tertiary/aromatic N) is 1. The number of hydrogen-bond acceptors (Lipinski definition) is 5. The van der Waals surface area contributed by atoms with E-state index in [2.05, 4.69) is 15.6 Å². The van der Waals surface area contributed by atoms with E-state index in [-0.39, 0.29) is 17.9 Å². The van der Waals surface area contributed by atoms with Gasteiger partial charge in [0.05, 0.1) is 17.5 Å². The van der Waals surface area contributed by atoms with Crippen LogP contribution in [-0.2, 0) is 9.59 Å². The molecule has 0 saturated heterocycles. The summed E-state index contributed by atoms with van der Waals surface area (Å²) in [5.74, 6) is 0.213. The summed E-state index contributed by atoms with van der Waals surface area (Å²) in [6, 6.07) is 17.7. The molecule has 0 aliphatic rings. The maximum Gasteiger partial charge on any atom is 0.236 e. The Morgan fingerprint density at radius 3 is 2.50 bits per heavy atom. The van der Waals surface area contributed by atoms with E-state index in [1.165, 1.54) is 30.0 Å². The maximum absolute atomic E-state index is 12.1. The summed E-state index contributed by atoms with van der Waals surface area (Å²) in [6.07, 6.45) is 0. The van der Waals surface area contributed by atoms with Crippen molar-refractivity contribution in [3.05, 3.63) is 65.5 Å². The van der Waals surface area contributed by atoms with Gasteiger partial charge >= 0.3 is 0 Å². The Morgan fingerprint density at radius 1 is 1.11 bits per heavy atom. The molecule has 2 amide bonds. The predicted molar refractivity (Wildman–Crippen MR) is 116 cm³/mol. The quantitative estimate of drug-likeness (QED) is 0.551. The first-order valence-electron chi connectivity index (χ1n) is 8.82. The van der Waals surface area contributed by atoms with Gasteiger partial charge in [-0.3, -0.25) is 9.59 Å². The number of carbonyl (C=O) groups is 2. The van der Waals surface area contributed by atoms with E-state index in [4.69, 9.17) is 0 Å². The topological polar surface area (TPSA) is 71.1 Å². The van der Waals surface area contributed by atoms with Crippen LogP contribution in [-0.4, -0.2) is 22.6 Å². The molecule has 3 aromatic rings. The lowest BCUT2D eigenvalue weighted by molar-refractivity contribution is -0.119. The van der Waals surface area contributed by atoms with Crippen molar-refractivity contribution in [1.29, 1.82) is 0 Å². The molecule has 1 heterocycles. The summed E-state index contributed by atoms with van der Waals surface area (Å²) in [5, 5.41) is 8.23. The van der Waals surface area contributed by atoms with Gasteiger partial charge in [-0.05, 0) is 24.6 Å². The highest BCUT2D eigenvalue weighted by Crippen LogP contribution is 2.26. The van der Waals surface area contributed by atoms with Crippen molar-refractivity contribution in [3.63, 3.8) is 0 Å². The van der Waals surface area contributed by atoms with Crippen LogP contribution in [0.1, 0.15) is 25.5 Å². The Balaban J connectivity index is 1.57. The molecule has 1 aromatic heterocycles. The van der Waals surface area contributed by atoms with Gasteiger partial charge in [0.2, 0.25) is 11.8 Å². The minimum absolute atomic E-state index is 0.0426. The first kappa shape index (κ1) is 20.1. The average Bonchev–Trinajstić information content (AvgIpc) is 3.15. The number of thioether (sulfide) groups is 1. The zero-order chi connectivity index (χ0) is 19.9. The zero-order valence-electron chi connectivity index (χ0n) is 15.6. The minimum atomic E-state index is -0.0748. The highest BCUT2D eigenvalue weighted by Gasteiger charge is 2.10. The van der Waals surface area contributed by atoms with Gasteiger partial charge in [-0.1, -0.05) is 42.5 Å². The maximum atomic E-state index is 12.1. The molecule has 1 atom stereocenters. The predicted octanol–water partition coefficient (Wildman–Crippen LogP) is 4.74. The highest BCUT2D eigenvalue weighted by atomic mass is 32.2. The number of aromatic nitrogens is 1. The molecule has 2 N–H and O–H groups in total. The van der Waals surface area contributed by atoms with Crippen molar-refractivity contribution in [3.8, 4) is 11.3 Å². The van der Waals surface area contributed by atoms with Crippen molar-refractivity contribution >= 4 is 40.0 Å². The second-order valence-electron chi connectivity index (χ2n) is 6.23. The number of thiazole rings is 1. The molecule has 144 valence electrons. The summed E-state index contributed by atoms with van der Waals surface area (Å²) >= 11 is 2.90. The van der Waals surface area contributed by atoms with Gasteiger partial charge in [0.15, 0.2) is 5.13 Å². The summed E-state index contributed by atoms with van der Waals surface area (Å²) in [5.41, 5.74) is 2.81. The molecule has 3 rings (SSSR count). The number of hydrogen-bond donors (Lipinski definition) is 2. The van der Waals surface area contributed by atoms with Crippen molar-refractivity contribution in [2.24, 2.45) is 0 Å². The van der Waals surface area contributed by atoms with E-state index >= 15 is 0 Å². The molecular formula is C21H21N3O2S2. The third kappa shape index (κ3) is 5.68. The normalized spacial score (nSPS) is 11.6. The summed E-state index contributed by atoms with van der Waals surface area (Å²) < 4.78 is 0. The monoisotopic (exact) mass is 411 g/mol. The van der Waals surface area contributed by atoms with Gasteiger partial charge in [0.1, 0.15) is 0 Å². The molecule has 1 unspecified atom stereocenters. The number of carbonyl (C=O) groups excluding carboxylic acids is 2. The SMILES string of the molecule is CC(=O)NC(C)c1ccc(-c2csc(NC(=O)CSc3ccccc3)n2)cc1. The molecule has 5 nitrogen and oxygen atoms in total. The van der Waals surface area contributed by atoms with Crippen LogP contribution < -0.4 is 10.6 Å². The molecule has 2 aromatic carbocycles. The molecular weight excluding hydrogens is 390 g/mol. The molecule has 28 heavy (non-hydrogen) atoms. The van der Waals surface area contributed by atoms with Crippen LogP contribution >= 0.6 is 23.1 Å². The lowest BCUT2D eigenvalue weighted by Gasteiger charge is -2.13. The number of rotatable bonds is 7. The second-order valence-corrected chi connectivity index (χ2v) is 8.14. The fourth-order valence-electron chi connectivity index (χ4n) is 2.62. The van der Waals surface area contributed by atoms with Crippen molar-refractivity contribution in [1.82, 2.24) is 10.3 Å². The first-order valence-corrected chi connectivity index (χ1v) is 10.7. The van der Waals surface area contributed by atoms with Gasteiger partial charge in [0, 0.05) is 22.8 Å². The fraction of sp³-hybridized carbons (Fsp3) is 0.190. The van der Waals surface area contributed by atoms with Crippen LogP contribution in [0.5, 0.6) is 0 Å². The van der Waals surface area contributed by atoms with Crippen LogP contribution in [0.4, 0.5) is 5.13 Å². The Labute approximate surface area is 172 Å². The van der Waals surface area contributed by atoms with Crippen LogP contribution in [0.25, 0.3) is 11.3 Å². The van der Waals surface area contributed by atoms with E-state index in [1.54, 1.807) is 0 Å². The zero-order valence-corrected chi connectivity index (χ0v) is 17.3. The third-order valence-corrected chi connectivity index (χ3v) is 5.76. The molecule has 0 saturated carbocycles. The van der Waals surface area contributed by atoms with Crippen molar-refractivity contribution in [2.45, 2.75) is 24.8 Å². The molecule has 0 aliphatic heterocycles. The van der Waals surface area contributed by atoms with Gasteiger partial charge in [0.25, 0.3) is 0 Å². The number of benzene rings is 2. The van der Waals surface area contributed by atoms with Gasteiger partial charge in [-0.15, -0.1) is 23.1 Å². The van der Waals surface area contributed by atoms with Crippen LogP contribution in [0, 0.1) is 0 Å². The average molecular weight is 412 g/mol. The van der Waals surface area contributed by atoms with Crippen LogP contribution in [0.15, 0.2) is 64.9 Å². The van der Waals surface area contributed by atoms with E-state index in [0.29, 0.717) is 10.9 Å². The summed E-state index contributed by atoms with van der Waals surface area (Å²) in [4.78, 5) is 28.9. The standard InChI is InChI=1S/C21H21N3O2S2/c1-14(22-15(2)25)16-8-10-17(11-9-16)19-12-28-21(23-19)24-20(26)13-27-18-6-4-3-5-7-18/h3-12,14H,13H2,1-2H3,(H,22,25)(H,23,24,26). The van der Waals surface area contributed by atoms with Crippen molar-refractivity contribution in [2.75, 3.05) is 11.1 Å². The largest absolute Gasteiger partial charge is 0.350 e. The van der Waals surface area contributed by atoms with Crippen LogP contribution in [0.2, 0.25) is 0 Å². The third-order valence-electron chi connectivity index (χ3n) is 3.99. The lowest BCUT2D eigenvalue weighted by Crippen LogP contribution is -2.23. The van der Waals surface area contributed by atoms with Crippen molar-refractivity contribution < 1.29 is 9.59 Å². The lowest BCUT2D eigenvalue weighted by atomic mass is 10.1. The molecule has 7 heteroatoms. The minimum Gasteiger partial charge on any atom is -0.350 e. The number of nitrogens with one attached hydrogen (secondary N) is 2. The molecule has 0 radical (unpaired) electrons. The Bertz CT molecular complexity index is 940. The van der Waals surface area contributed by atoms with E-state index in [9.17, 15) is 9.59 Å². The molecule has 0 bridgehead atoms. The summed E-state index contributed by atoms with van der Waals surface area (Å²) in [6.45, 7) is 3.45. The second kappa shape index (κ2) is 9.52. The fourth-order valence-corrected chi connectivity index (χ4v) is 4.07. The molecule has 0 fully saturated rings. The smallest absolute Gasteiger partial charge is 0.236 e. The van der Waals surface area contributed by atoms with Gasteiger partial charge in [-0.2, -0.15) is 0 Å². The molecule has 0 aliphatic carbocycles. The van der Waals surface area contributed by atoms with E-state index in [0.717, 1.165) is 21.7 Å². The molecule has 0 spiro atoms. The van der Waals surface area contributed by atoms with Gasteiger partial charge in [-0.25, -0.2) is 4.98 Å². The summed E-state index contributed by atoms with van der Waals surface area (Å²) in [7, 11) is 0. The first-order chi connectivity index (χ1) is 13.5. The Hall–Kier alpha value is -2.64. The van der Waals surface area contributed by atoms with Gasteiger partial charge < -0.3 is 10.6 Å².